The molecule has 0 aliphatic carbocycles. The van der Waals surface area contributed by atoms with Crippen molar-refractivity contribution in [2.24, 2.45) is 0 Å². The van der Waals surface area contributed by atoms with E-state index in [0.29, 0.717) is 22.5 Å². The Balaban J connectivity index is 1.57. The molecule has 0 aliphatic rings. The fraction of sp³-hybridized carbons (Fsp3) is 0.136. The van der Waals surface area contributed by atoms with Gasteiger partial charge in [0.15, 0.2) is 0 Å². The number of hydrogen-bond donors (Lipinski definition) is 2. The van der Waals surface area contributed by atoms with Crippen molar-refractivity contribution >= 4 is 50.7 Å². The van der Waals surface area contributed by atoms with E-state index in [-0.39, 0.29) is 22.2 Å². The Morgan fingerprint density at radius 2 is 1.64 bits per heavy atom. The van der Waals surface area contributed by atoms with E-state index in [2.05, 4.69) is 10.0 Å². The normalized spacial score (nSPS) is 11.8. The second kappa shape index (κ2) is 10.5. The summed E-state index contributed by atoms with van der Waals surface area (Å²) >= 11 is 7.32. The van der Waals surface area contributed by atoms with E-state index >= 15 is 0 Å². The number of thioether (sulfide) groups is 1. The number of benzene rings is 3. The van der Waals surface area contributed by atoms with Crippen molar-refractivity contribution in [1.82, 2.24) is 0 Å². The summed E-state index contributed by atoms with van der Waals surface area (Å²) in [5, 5.41) is 3.29. The number of hydrogen-bond acceptors (Lipinski definition) is 4. The number of sulfonamides is 1. The van der Waals surface area contributed by atoms with Crippen LogP contribution in [0.5, 0.6) is 0 Å². The van der Waals surface area contributed by atoms with Crippen LogP contribution in [0.1, 0.15) is 11.1 Å². The lowest BCUT2D eigenvalue weighted by Crippen LogP contribution is -2.15. The Labute approximate surface area is 198 Å². The molecular formula is C22H18ClF3N2O3S2. The van der Waals surface area contributed by atoms with Gasteiger partial charge in [-0.15, -0.1) is 11.8 Å². The molecule has 0 saturated heterocycles. The first-order chi connectivity index (χ1) is 15.5. The summed E-state index contributed by atoms with van der Waals surface area (Å²) in [7, 11) is -4.11. The molecule has 3 aromatic rings. The van der Waals surface area contributed by atoms with Crippen LogP contribution in [0, 0.1) is 0 Å². The second-order valence-electron chi connectivity index (χ2n) is 6.88. The van der Waals surface area contributed by atoms with Crippen LogP contribution >= 0.6 is 23.4 Å². The van der Waals surface area contributed by atoms with Crippen molar-refractivity contribution < 1.29 is 26.4 Å². The van der Waals surface area contributed by atoms with E-state index < -0.39 is 21.8 Å². The molecule has 0 fully saturated rings. The lowest BCUT2D eigenvalue weighted by Gasteiger charge is -2.12. The SMILES string of the molecule is O=C(CSCc1cccc(Cl)c1)Nc1ccc(S(=O)(=O)Nc2cccc(C(F)(F)F)c2)cc1. The van der Waals surface area contributed by atoms with E-state index in [1.165, 1.54) is 42.1 Å². The molecule has 0 saturated carbocycles. The van der Waals surface area contributed by atoms with E-state index in [1.807, 2.05) is 18.2 Å². The fourth-order valence-electron chi connectivity index (χ4n) is 2.78. The third-order valence-corrected chi connectivity index (χ3v) is 6.92. The zero-order valence-electron chi connectivity index (χ0n) is 16.9. The summed E-state index contributed by atoms with van der Waals surface area (Å²) in [5.74, 6) is 0.524. The predicted octanol–water partition coefficient (Wildman–Crippen LogP) is 6.03. The molecule has 0 aromatic heterocycles. The van der Waals surface area contributed by atoms with Gasteiger partial charge in [-0.1, -0.05) is 29.8 Å². The summed E-state index contributed by atoms with van der Waals surface area (Å²) in [5.41, 5.74) is 0.206. The van der Waals surface area contributed by atoms with Gasteiger partial charge in [-0.05, 0) is 60.2 Å². The van der Waals surface area contributed by atoms with Crippen LogP contribution in [-0.2, 0) is 26.7 Å². The van der Waals surface area contributed by atoms with Gasteiger partial charge in [-0.3, -0.25) is 9.52 Å². The van der Waals surface area contributed by atoms with Crippen LogP contribution in [0.25, 0.3) is 0 Å². The van der Waals surface area contributed by atoms with Crippen molar-refractivity contribution in [1.29, 1.82) is 0 Å². The lowest BCUT2D eigenvalue weighted by molar-refractivity contribution is -0.137. The molecule has 0 heterocycles. The minimum Gasteiger partial charge on any atom is -0.325 e. The first kappa shape index (κ1) is 24.9. The number of halogens is 4. The third-order valence-electron chi connectivity index (χ3n) is 4.28. The number of rotatable bonds is 8. The van der Waals surface area contributed by atoms with Gasteiger partial charge in [0.2, 0.25) is 5.91 Å². The Kier molecular flexibility index (Phi) is 7.93. The number of anilines is 2. The van der Waals surface area contributed by atoms with Crippen molar-refractivity contribution in [3.05, 3.63) is 88.9 Å². The molecule has 0 spiro atoms. The first-order valence-corrected chi connectivity index (χ1v) is 12.5. The van der Waals surface area contributed by atoms with Crippen LogP contribution in [0.3, 0.4) is 0 Å². The summed E-state index contributed by atoms with van der Waals surface area (Å²) in [4.78, 5) is 12.0. The molecule has 33 heavy (non-hydrogen) atoms. The lowest BCUT2D eigenvalue weighted by atomic mass is 10.2. The van der Waals surface area contributed by atoms with E-state index in [1.54, 1.807) is 6.07 Å². The molecule has 0 unspecified atom stereocenters. The maximum atomic E-state index is 12.8. The largest absolute Gasteiger partial charge is 0.416 e. The van der Waals surface area contributed by atoms with Gasteiger partial charge in [0.25, 0.3) is 10.0 Å². The maximum Gasteiger partial charge on any atom is 0.416 e. The number of carbonyl (C=O) groups is 1. The Morgan fingerprint density at radius 3 is 2.30 bits per heavy atom. The number of nitrogens with one attached hydrogen (secondary N) is 2. The Morgan fingerprint density at radius 1 is 0.939 bits per heavy atom. The highest BCUT2D eigenvalue weighted by Crippen LogP contribution is 2.31. The highest BCUT2D eigenvalue weighted by Gasteiger charge is 2.30. The molecule has 3 rings (SSSR count). The van der Waals surface area contributed by atoms with Crippen molar-refractivity contribution in [3.63, 3.8) is 0 Å². The van der Waals surface area contributed by atoms with Gasteiger partial charge < -0.3 is 5.32 Å². The van der Waals surface area contributed by atoms with Gasteiger partial charge in [0.05, 0.1) is 16.2 Å². The quantitative estimate of drug-likeness (QED) is 0.385. The average Bonchev–Trinajstić information content (AvgIpc) is 2.73. The van der Waals surface area contributed by atoms with E-state index in [4.69, 9.17) is 11.6 Å². The minimum absolute atomic E-state index is 0.159. The van der Waals surface area contributed by atoms with E-state index in [0.717, 1.165) is 17.7 Å². The highest BCUT2D eigenvalue weighted by molar-refractivity contribution is 7.99. The third kappa shape index (κ3) is 7.41. The Bertz CT molecular complexity index is 1230. The summed E-state index contributed by atoms with van der Waals surface area (Å²) < 4.78 is 65.6. The number of amides is 1. The standard InChI is InChI=1S/C22H18ClF3N2O3S2/c23-17-5-1-3-15(11-17)13-32-14-21(29)27-18-7-9-20(10-8-18)33(30,31)28-19-6-2-4-16(12-19)22(24,25)26/h1-12,28H,13-14H2,(H,27,29). The molecule has 1 amide bonds. The first-order valence-electron chi connectivity index (χ1n) is 9.45. The summed E-state index contributed by atoms with van der Waals surface area (Å²) in [6, 6.07) is 16.5. The fourth-order valence-corrected chi connectivity index (χ4v) is 4.81. The Hall–Kier alpha value is -2.69. The minimum atomic E-state index is -4.59. The molecule has 0 atom stereocenters. The monoisotopic (exact) mass is 514 g/mol. The summed E-state index contributed by atoms with van der Waals surface area (Å²) in [6.07, 6.45) is -4.59. The number of alkyl halides is 3. The zero-order valence-corrected chi connectivity index (χ0v) is 19.3. The molecule has 174 valence electrons. The van der Waals surface area contributed by atoms with Crippen molar-refractivity contribution in [3.8, 4) is 0 Å². The second-order valence-corrected chi connectivity index (χ2v) is 9.98. The van der Waals surface area contributed by atoms with Crippen molar-refractivity contribution in [2.45, 2.75) is 16.8 Å². The number of carbonyl (C=O) groups excluding carboxylic acids is 1. The van der Waals surface area contributed by atoms with Gasteiger partial charge in [0, 0.05) is 22.2 Å². The maximum absolute atomic E-state index is 12.8. The van der Waals surface area contributed by atoms with Crippen LogP contribution in [0.4, 0.5) is 24.5 Å². The molecule has 0 aliphatic heterocycles. The summed E-state index contributed by atoms with van der Waals surface area (Å²) in [6.45, 7) is 0. The molecular weight excluding hydrogens is 497 g/mol. The zero-order chi connectivity index (χ0) is 24.1. The molecule has 0 bridgehead atoms. The molecule has 5 nitrogen and oxygen atoms in total. The van der Waals surface area contributed by atoms with Gasteiger partial charge in [0.1, 0.15) is 0 Å². The predicted molar refractivity (Wildman–Crippen MR) is 125 cm³/mol. The van der Waals surface area contributed by atoms with Crippen LogP contribution < -0.4 is 10.0 Å². The molecule has 0 radical (unpaired) electrons. The molecule has 2 N–H and O–H groups in total. The van der Waals surface area contributed by atoms with Crippen LogP contribution in [0.2, 0.25) is 5.02 Å². The van der Waals surface area contributed by atoms with Gasteiger partial charge in [-0.25, -0.2) is 8.42 Å². The van der Waals surface area contributed by atoms with Gasteiger partial charge in [-0.2, -0.15) is 13.2 Å². The smallest absolute Gasteiger partial charge is 0.325 e. The topological polar surface area (TPSA) is 75.3 Å². The highest BCUT2D eigenvalue weighted by atomic mass is 35.5. The van der Waals surface area contributed by atoms with Crippen LogP contribution in [0.15, 0.2) is 77.7 Å². The molecule has 11 heteroatoms. The van der Waals surface area contributed by atoms with Crippen LogP contribution in [-0.4, -0.2) is 20.1 Å². The van der Waals surface area contributed by atoms with Crippen molar-refractivity contribution in [2.75, 3.05) is 15.8 Å². The molecule has 3 aromatic carbocycles. The van der Waals surface area contributed by atoms with E-state index in [9.17, 15) is 26.4 Å². The average molecular weight is 515 g/mol. The van der Waals surface area contributed by atoms with Gasteiger partial charge >= 0.3 is 6.18 Å².